The number of phenolic OH excluding ortho intramolecular Hbond substituents is 1. The van der Waals surface area contributed by atoms with Crippen molar-refractivity contribution in [2.45, 2.75) is 13.3 Å². The van der Waals surface area contributed by atoms with Crippen molar-refractivity contribution in [3.63, 3.8) is 0 Å². The Morgan fingerprint density at radius 2 is 1.87 bits per heavy atom. The van der Waals surface area contributed by atoms with Crippen molar-refractivity contribution >= 4 is 38.8 Å². The van der Waals surface area contributed by atoms with Crippen LogP contribution < -0.4 is 10.1 Å². The Bertz CT molecular complexity index is 1220. The van der Waals surface area contributed by atoms with E-state index in [2.05, 4.69) is 12.2 Å². The summed E-state index contributed by atoms with van der Waals surface area (Å²) < 4.78 is 6.99. The van der Waals surface area contributed by atoms with E-state index in [1.54, 1.807) is 42.5 Å². The molecule has 1 heterocycles. The molecular formula is C25H22ClNO3S. The van der Waals surface area contributed by atoms with E-state index >= 15 is 0 Å². The SMILES string of the molecule is CCNCCc1ccc(Oc2c(C(=O)c3ccccc3Cl)sc3cc(O)ccc23)cc1. The normalized spacial score (nSPS) is 11.0. The first-order chi connectivity index (χ1) is 15.1. The molecule has 0 saturated carbocycles. The second-order valence-electron chi connectivity index (χ2n) is 7.10. The molecule has 4 nitrogen and oxygen atoms in total. The number of phenols is 1. The number of likely N-dealkylation sites (N-methyl/N-ethyl adjacent to an activating group) is 1. The molecule has 6 heteroatoms. The molecule has 4 aromatic rings. The van der Waals surface area contributed by atoms with Gasteiger partial charge in [-0.05, 0) is 67.5 Å². The highest BCUT2D eigenvalue weighted by Crippen LogP contribution is 2.43. The van der Waals surface area contributed by atoms with Crippen LogP contribution in [-0.4, -0.2) is 24.0 Å². The summed E-state index contributed by atoms with van der Waals surface area (Å²) in [5.41, 5.74) is 1.63. The van der Waals surface area contributed by atoms with Gasteiger partial charge in [0.25, 0.3) is 0 Å². The molecular weight excluding hydrogens is 430 g/mol. The Labute approximate surface area is 190 Å². The van der Waals surface area contributed by atoms with Crippen LogP contribution in [0.4, 0.5) is 0 Å². The van der Waals surface area contributed by atoms with Gasteiger partial charge in [0, 0.05) is 15.6 Å². The first kappa shape index (κ1) is 21.4. The number of benzene rings is 3. The van der Waals surface area contributed by atoms with Gasteiger partial charge in [-0.3, -0.25) is 4.79 Å². The molecule has 31 heavy (non-hydrogen) atoms. The molecule has 0 atom stereocenters. The molecule has 2 N–H and O–H groups in total. The average Bonchev–Trinajstić information content (AvgIpc) is 3.12. The van der Waals surface area contributed by atoms with Gasteiger partial charge in [-0.2, -0.15) is 0 Å². The Morgan fingerprint density at radius 1 is 1.10 bits per heavy atom. The number of halogens is 1. The second-order valence-corrected chi connectivity index (χ2v) is 8.56. The van der Waals surface area contributed by atoms with Gasteiger partial charge in [0.1, 0.15) is 16.4 Å². The van der Waals surface area contributed by atoms with Crippen LogP contribution >= 0.6 is 22.9 Å². The van der Waals surface area contributed by atoms with Crippen LogP contribution in [0, 0.1) is 0 Å². The van der Waals surface area contributed by atoms with Gasteiger partial charge in [-0.15, -0.1) is 11.3 Å². The smallest absolute Gasteiger partial charge is 0.208 e. The van der Waals surface area contributed by atoms with Crippen LogP contribution in [0.5, 0.6) is 17.2 Å². The largest absolute Gasteiger partial charge is 0.508 e. The van der Waals surface area contributed by atoms with E-state index in [0.717, 1.165) is 29.6 Å². The molecule has 0 radical (unpaired) electrons. The third kappa shape index (κ3) is 4.74. The summed E-state index contributed by atoms with van der Waals surface area (Å²) in [5, 5.41) is 14.4. The summed E-state index contributed by atoms with van der Waals surface area (Å²) in [6.07, 6.45) is 0.936. The van der Waals surface area contributed by atoms with Gasteiger partial charge in [-0.1, -0.05) is 42.8 Å². The van der Waals surface area contributed by atoms with Crippen LogP contribution in [0.1, 0.15) is 27.7 Å². The lowest BCUT2D eigenvalue weighted by molar-refractivity contribution is 0.104. The fraction of sp³-hybridized carbons (Fsp3) is 0.160. The summed E-state index contributed by atoms with van der Waals surface area (Å²) in [5.74, 6) is 1.06. The fourth-order valence-corrected chi connectivity index (χ4v) is 4.67. The zero-order valence-corrected chi connectivity index (χ0v) is 18.6. The zero-order chi connectivity index (χ0) is 21.8. The third-order valence-corrected chi connectivity index (χ3v) is 6.40. The standard InChI is InChI=1S/C25H22ClNO3S/c1-2-27-14-13-16-7-10-18(11-8-16)30-24-20-12-9-17(28)15-22(20)31-25(24)23(29)19-5-3-4-6-21(19)26/h3-12,15,27-28H,2,13-14H2,1H3. The van der Waals surface area contributed by atoms with Crippen molar-refractivity contribution in [2.75, 3.05) is 13.1 Å². The van der Waals surface area contributed by atoms with Crippen molar-refractivity contribution in [3.8, 4) is 17.2 Å². The van der Waals surface area contributed by atoms with E-state index in [-0.39, 0.29) is 11.5 Å². The van der Waals surface area contributed by atoms with E-state index in [1.165, 1.54) is 16.9 Å². The minimum Gasteiger partial charge on any atom is -0.508 e. The van der Waals surface area contributed by atoms with Gasteiger partial charge in [0.15, 0.2) is 5.75 Å². The number of hydrogen-bond donors (Lipinski definition) is 2. The van der Waals surface area contributed by atoms with Crippen molar-refractivity contribution in [1.29, 1.82) is 0 Å². The quantitative estimate of drug-likeness (QED) is 0.239. The molecule has 158 valence electrons. The minimum absolute atomic E-state index is 0.141. The van der Waals surface area contributed by atoms with Crippen molar-refractivity contribution in [1.82, 2.24) is 5.32 Å². The van der Waals surface area contributed by atoms with Crippen molar-refractivity contribution in [3.05, 3.63) is 87.8 Å². The summed E-state index contributed by atoms with van der Waals surface area (Å²) in [6.45, 7) is 3.96. The molecule has 0 bridgehead atoms. The maximum atomic E-state index is 13.3. The third-order valence-electron chi connectivity index (χ3n) is 4.94. The van der Waals surface area contributed by atoms with Gasteiger partial charge < -0.3 is 15.2 Å². The van der Waals surface area contributed by atoms with Gasteiger partial charge in [-0.25, -0.2) is 0 Å². The molecule has 0 aliphatic heterocycles. The van der Waals surface area contributed by atoms with Crippen LogP contribution in [0.15, 0.2) is 66.7 Å². The average molecular weight is 452 g/mol. The first-order valence-corrected chi connectivity index (χ1v) is 11.3. The summed E-state index contributed by atoms with van der Waals surface area (Å²) >= 11 is 7.56. The van der Waals surface area contributed by atoms with Crippen LogP contribution in [-0.2, 0) is 6.42 Å². The highest BCUT2D eigenvalue weighted by atomic mass is 35.5. The molecule has 0 aliphatic carbocycles. The molecule has 0 amide bonds. The number of aromatic hydroxyl groups is 1. The summed E-state index contributed by atoms with van der Waals surface area (Å²) in [7, 11) is 0. The molecule has 4 rings (SSSR count). The van der Waals surface area contributed by atoms with Gasteiger partial charge in [0.05, 0.1) is 5.02 Å². The van der Waals surface area contributed by atoms with E-state index in [0.29, 0.717) is 27.0 Å². The van der Waals surface area contributed by atoms with Crippen molar-refractivity contribution in [2.24, 2.45) is 0 Å². The highest BCUT2D eigenvalue weighted by Gasteiger charge is 2.23. The predicted molar refractivity (Wildman–Crippen MR) is 127 cm³/mol. The fourth-order valence-electron chi connectivity index (χ4n) is 3.33. The lowest BCUT2D eigenvalue weighted by Gasteiger charge is -2.09. The van der Waals surface area contributed by atoms with Gasteiger partial charge >= 0.3 is 0 Å². The maximum absolute atomic E-state index is 13.3. The van der Waals surface area contributed by atoms with Crippen LogP contribution in [0.3, 0.4) is 0 Å². The predicted octanol–water partition coefficient (Wildman–Crippen LogP) is 6.44. The molecule has 3 aromatic carbocycles. The molecule has 0 unspecified atom stereocenters. The molecule has 0 aliphatic rings. The van der Waals surface area contributed by atoms with Crippen LogP contribution in [0.2, 0.25) is 5.02 Å². The van der Waals surface area contributed by atoms with Crippen LogP contribution in [0.25, 0.3) is 10.1 Å². The topological polar surface area (TPSA) is 58.6 Å². The Balaban J connectivity index is 1.70. The number of carbonyl (C=O) groups excluding carboxylic acids is 1. The number of ether oxygens (including phenoxy) is 1. The number of fused-ring (bicyclic) bond motifs is 1. The number of rotatable bonds is 8. The Morgan fingerprint density at radius 3 is 2.61 bits per heavy atom. The lowest BCUT2D eigenvalue weighted by atomic mass is 10.1. The van der Waals surface area contributed by atoms with E-state index < -0.39 is 0 Å². The number of ketones is 1. The van der Waals surface area contributed by atoms with E-state index in [9.17, 15) is 9.90 Å². The minimum atomic E-state index is -0.205. The molecule has 0 fully saturated rings. The lowest BCUT2D eigenvalue weighted by Crippen LogP contribution is -2.15. The van der Waals surface area contributed by atoms with Crippen molar-refractivity contribution < 1.29 is 14.6 Å². The number of nitrogens with one attached hydrogen (secondary N) is 1. The maximum Gasteiger partial charge on any atom is 0.208 e. The second kappa shape index (κ2) is 9.52. The zero-order valence-electron chi connectivity index (χ0n) is 17.0. The number of hydrogen-bond acceptors (Lipinski definition) is 5. The molecule has 0 spiro atoms. The Hall–Kier alpha value is -2.86. The monoisotopic (exact) mass is 451 g/mol. The summed E-state index contributed by atoms with van der Waals surface area (Å²) in [4.78, 5) is 13.8. The van der Waals surface area contributed by atoms with Gasteiger partial charge in [0.2, 0.25) is 5.78 Å². The Kier molecular flexibility index (Phi) is 6.56. The summed E-state index contributed by atoms with van der Waals surface area (Å²) in [6, 6.07) is 19.9. The number of thiophene rings is 1. The molecule has 0 saturated heterocycles. The van der Waals surface area contributed by atoms with E-state index in [1.807, 2.05) is 24.3 Å². The number of carbonyl (C=O) groups is 1. The van der Waals surface area contributed by atoms with E-state index in [4.69, 9.17) is 16.3 Å². The first-order valence-electron chi connectivity index (χ1n) is 10.1. The highest BCUT2D eigenvalue weighted by molar-refractivity contribution is 7.21. The molecule has 1 aromatic heterocycles.